The van der Waals surface area contributed by atoms with Crippen molar-refractivity contribution in [1.29, 1.82) is 0 Å². The summed E-state index contributed by atoms with van der Waals surface area (Å²) in [6.07, 6.45) is 9.44. The minimum Gasteiger partial charge on any atom is -0.0737 e. The Labute approximate surface area is 124 Å². The smallest absolute Gasteiger partial charge is 0.0234 e. The summed E-state index contributed by atoms with van der Waals surface area (Å²) in [6, 6.07) is 20.4. The number of rotatable bonds is 4. The third-order valence-electron chi connectivity index (χ3n) is 3.87. The quantitative estimate of drug-likeness (QED) is 0.688. The van der Waals surface area contributed by atoms with Crippen LogP contribution < -0.4 is 0 Å². The van der Waals surface area contributed by atoms with Gasteiger partial charge >= 0.3 is 0 Å². The monoisotopic (exact) mass is 262 g/mol. The van der Waals surface area contributed by atoms with Gasteiger partial charge in [0.05, 0.1) is 0 Å². The molecule has 1 aliphatic carbocycles. The molecule has 3 rings (SSSR count). The van der Waals surface area contributed by atoms with Gasteiger partial charge in [0.25, 0.3) is 0 Å². The molecule has 0 radical (unpaired) electrons. The SMILES string of the molecule is [2H]C([2H])C1CC1(/C=C/c1ccccc1)/C=C/c1ccccc1. The summed E-state index contributed by atoms with van der Waals surface area (Å²) >= 11 is 0. The Morgan fingerprint density at radius 1 is 0.900 bits per heavy atom. The minimum atomic E-state index is -0.777. The van der Waals surface area contributed by atoms with Crippen molar-refractivity contribution < 1.29 is 2.74 Å². The van der Waals surface area contributed by atoms with Crippen LogP contribution in [0, 0.1) is 11.3 Å². The molecule has 0 bridgehead atoms. The average Bonchev–Trinajstić information content (AvgIpc) is 3.29. The van der Waals surface area contributed by atoms with Gasteiger partial charge in [0.15, 0.2) is 0 Å². The first-order valence-corrected chi connectivity index (χ1v) is 7.03. The highest BCUT2D eigenvalue weighted by Gasteiger charge is 2.46. The van der Waals surface area contributed by atoms with Crippen LogP contribution in [0.2, 0.25) is 0 Å². The summed E-state index contributed by atoms with van der Waals surface area (Å²) < 4.78 is 15.4. The Morgan fingerprint density at radius 2 is 1.40 bits per heavy atom. The van der Waals surface area contributed by atoms with Crippen molar-refractivity contribution in [3.05, 3.63) is 83.9 Å². The second kappa shape index (κ2) is 5.50. The van der Waals surface area contributed by atoms with Crippen LogP contribution in [0.1, 0.15) is 27.2 Å². The molecule has 0 spiro atoms. The third kappa shape index (κ3) is 2.91. The van der Waals surface area contributed by atoms with Gasteiger partial charge < -0.3 is 0 Å². The molecule has 20 heavy (non-hydrogen) atoms. The van der Waals surface area contributed by atoms with E-state index in [4.69, 9.17) is 2.74 Å². The predicted molar refractivity (Wildman–Crippen MR) is 87.2 cm³/mol. The van der Waals surface area contributed by atoms with Crippen molar-refractivity contribution in [2.45, 2.75) is 13.3 Å². The van der Waals surface area contributed by atoms with Gasteiger partial charge in [0.1, 0.15) is 0 Å². The van der Waals surface area contributed by atoms with E-state index in [2.05, 4.69) is 48.6 Å². The largest absolute Gasteiger partial charge is 0.0737 e. The molecule has 1 atom stereocenters. The van der Waals surface area contributed by atoms with E-state index in [1.54, 1.807) is 0 Å². The van der Waals surface area contributed by atoms with Gasteiger partial charge in [-0.05, 0) is 23.5 Å². The van der Waals surface area contributed by atoms with E-state index in [0.29, 0.717) is 0 Å². The lowest BCUT2D eigenvalue weighted by Gasteiger charge is -2.05. The fraction of sp³-hybridized carbons (Fsp3) is 0.200. The highest BCUT2D eigenvalue weighted by Crippen LogP contribution is 2.55. The number of allylic oxidation sites excluding steroid dienone is 2. The Kier molecular flexibility index (Phi) is 2.94. The van der Waals surface area contributed by atoms with Crippen LogP contribution in [0.15, 0.2) is 72.8 Å². The molecule has 1 fully saturated rings. The van der Waals surface area contributed by atoms with E-state index in [1.807, 2.05) is 36.4 Å². The van der Waals surface area contributed by atoms with Crippen LogP contribution in [-0.2, 0) is 0 Å². The molecule has 0 nitrogen and oxygen atoms in total. The maximum absolute atomic E-state index is 7.72. The van der Waals surface area contributed by atoms with Crippen LogP contribution in [0.5, 0.6) is 0 Å². The maximum Gasteiger partial charge on any atom is 0.0234 e. The number of benzene rings is 2. The summed E-state index contributed by atoms with van der Waals surface area (Å²) in [5.74, 6) is 0.0902. The molecule has 2 aromatic carbocycles. The molecule has 0 heterocycles. The van der Waals surface area contributed by atoms with Gasteiger partial charge in [-0.15, -0.1) is 0 Å². The first kappa shape index (κ1) is 10.7. The van der Waals surface area contributed by atoms with Crippen molar-refractivity contribution in [1.82, 2.24) is 0 Å². The van der Waals surface area contributed by atoms with E-state index in [1.165, 1.54) is 0 Å². The number of hydrogen-bond acceptors (Lipinski definition) is 0. The van der Waals surface area contributed by atoms with Crippen molar-refractivity contribution in [2.75, 3.05) is 0 Å². The maximum atomic E-state index is 7.72. The van der Waals surface area contributed by atoms with Crippen molar-refractivity contribution >= 4 is 12.2 Å². The molecule has 0 amide bonds. The zero-order chi connectivity index (χ0) is 15.4. The summed E-state index contributed by atoms with van der Waals surface area (Å²) in [7, 11) is 0. The van der Waals surface area contributed by atoms with Crippen LogP contribution in [0.25, 0.3) is 12.2 Å². The molecule has 0 heteroatoms. The van der Waals surface area contributed by atoms with Crippen molar-refractivity contribution in [3.63, 3.8) is 0 Å². The van der Waals surface area contributed by atoms with E-state index in [0.717, 1.165) is 17.5 Å². The van der Waals surface area contributed by atoms with Gasteiger partial charge in [0, 0.05) is 8.16 Å². The van der Waals surface area contributed by atoms with Gasteiger partial charge in [-0.2, -0.15) is 0 Å². The molecule has 0 aliphatic heterocycles. The molecule has 1 saturated carbocycles. The predicted octanol–water partition coefficient (Wildman–Crippen LogP) is 5.44. The molecule has 1 aliphatic rings. The molecule has 0 saturated heterocycles. The second-order valence-electron chi connectivity index (χ2n) is 5.41. The van der Waals surface area contributed by atoms with E-state index < -0.39 is 6.88 Å². The first-order chi connectivity index (χ1) is 10.7. The third-order valence-corrected chi connectivity index (χ3v) is 3.87. The first-order valence-electron chi connectivity index (χ1n) is 8.18. The highest BCUT2D eigenvalue weighted by molar-refractivity contribution is 5.56. The van der Waals surface area contributed by atoms with Crippen LogP contribution in [0.4, 0.5) is 0 Å². The van der Waals surface area contributed by atoms with Gasteiger partial charge in [-0.3, -0.25) is 0 Å². The fourth-order valence-corrected chi connectivity index (χ4v) is 2.39. The molecule has 100 valence electrons. The highest BCUT2D eigenvalue weighted by atomic mass is 14.5. The lowest BCUT2D eigenvalue weighted by Crippen LogP contribution is -1.92. The lowest BCUT2D eigenvalue weighted by atomic mass is 10.00. The van der Waals surface area contributed by atoms with E-state index in [9.17, 15) is 0 Å². The zero-order valence-corrected chi connectivity index (χ0v) is 11.4. The number of hydrogen-bond donors (Lipinski definition) is 0. The molecule has 0 N–H and O–H groups in total. The van der Waals surface area contributed by atoms with Gasteiger partial charge in [-0.25, -0.2) is 0 Å². The summed E-state index contributed by atoms with van der Waals surface area (Å²) in [6.45, 7) is -0.777. The van der Waals surface area contributed by atoms with Crippen LogP contribution >= 0.6 is 0 Å². The summed E-state index contributed by atoms with van der Waals surface area (Å²) in [5.41, 5.74) is 2.18. The van der Waals surface area contributed by atoms with Crippen molar-refractivity contribution in [3.8, 4) is 0 Å². The average molecular weight is 262 g/mol. The van der Waals surface area contributed by atoms with Crippen LogP contribution in [-0.4, -0.2) is 0 Å². The molecule has 2 aromatic rings. The standard InChI is InChI=1S/C20H20/c1-17-16-20(17,14-12-18-8-4-2-5-9-18)15-13-19-10-6-3-7-11-19/h2-15,17H,16H2,1H3/b14-12+,15-13+/i1D2. The molecular formula is C20H20. The zero-order valence-electron chi connectivity index (χ0n) is 13.4. The normalized spacial score (nSPS) is 22.1. The fourth-order valence-electron chi connectivity index (χ4n) is 2.39. The minimum absolute atomic E-state index is 0.0902. The Bertz CT molecular complexity index is 607. The summed E-state index contributed by atoms with van der Waals surface area (Å²) in [5, 5.41) is 0. The molecule has 1 unspecified atom stereocenters. The Balaban J connectivity index is 1.81. The summed E-state index contributed by atoms with van der Waals surface area (Å²) in [4.78, 5) is 0. The molecular weight excluding hydrogens is 240 g/mol. The Hall–Kier alpha value is -2.08. The Morgan fingerprint density at radius 3 is 1.80 bits per heavy atom. The lowest BCUT2D eigenvalue weighted by molar-refractivity contribution is 0.752. The molecule has 0 aromatic heterocycles. The topological polar surface area (TPSA) is 0 Å². The van der Waals surface area contributed by atoms with Gasteiger partial charge in [0.2, 0.25) is 0 Å². The van der Waals surface area contributed by atoms with E-state index in [-0.39, 0.29) is 11.3 Å². The van der Waals surface area contributed by atoms with Gasteiger partial charge in [-0.1, -0.05) is 91.8 Å². The van der Waals surface area contributed by atoms with E-state index >= 15 is 0 Å². The second-order valence-corrected chi connectivity index (χ2v) is 5.41. The van der Waals surface area contributed by atoms with Crippen LogP contribution in [0.3, 0.4) is 0 Å². The van der Waals surface area contributed by atoms with Crippen molar-refractivity contribution in [2.24, 2.45) is 11.3 Å².